The maximum absolute atomic E-state index is 12.3. The molecule has 1 aliphatic heterocycles. The number of hydrogen-bond acceptors (Lipinski definition) is 4. The molecule has 0 radical (unpaired) electrons. The van der Waals surface area contributed by atoms with Crippen molar-refractivity contribution >= 4 is 5.82 Å². The first-order chi connectivity index (χ1) is 8.15. The van der Waals surface area contributed by atoms with Crippen LogP contribution < -0.4 is 15.8 Å². The van der Waals surface area contributed by atoms with Gasteiger partial charge in [-0.1, -0.05) is 0 Å². The van der Waals surface area contributed by atoms with Gasteiger partial charge in [-0.3, -0.25) is 4.79 Å². The second-order valence-corrected chi connectivity index (χ2v) is 4.66. The first kappa shape index (κ1) is 12.1. The van der Waals surface area contributed by atoms with Crippen molar-refractivity contribution < 1.29 is 0 Å². The molecule has 0 aliphatic carbocycles. The van der Waals surface area contributed by atoms with Gasteiger partial charge in [0.05, 0.1) is 6.04 Å². The van der Waals surface area contributed by atoms with Gasteiger partial charge in [-0.25, -0.2) is 4.98 Å². The molecule has 1 fully saturated rings. The van der Waals surface area contributed by atoms with Crippen LogP contribution in [0, 0.1) is 0 Å². The number of nitrogens with one attached hydrogen (secondary N) is 1. The van der Waals surface area contributed by atoms with Gasteiger partial charge in [0.2, 0.25) is 0 Å². The molecule has 0 atom stereocenters. The lowest BCUT2D eigenvalue weighted by Gasteiger charge is -2.38. The summed E-state index contributed by atoms with van der Waals surface area (Å²) in [7, 11) is 0. The van der Waals surface area contributed by atoms with E-state index in [1.54, 1.807) is 17.0 Å². The minimum atomic E-state index is 0.0104. The Labute approximate surface area is 101 Å². The van der Waals surface area contributed by atoms with Crippen LogP contribution in [-0.4, -0.2) is 35.2 Å². The Morgan fingerprint density at radius 2 is 2.29 bits per heavy atom. The van der Waals surface area contributed by atoms with E-state index in [0.29, 0.717) is 11.9 Å². The molecular formula is C12H20N4O. The van der Waals surface area contributed by atoms with E-state index in [-0.39, 0.29) is 11.6 Å². The molecule has 2 heterocycles. The van der Waals surface area contributed by atoms with Crippen molar-refractivity contribution in [3.8, 4) is 0 Å². The number of aromatic nitrogens is 2. The van der Waals surface area contributed by atoms with E-state index < -0.39 is 0 Å². The van der Waals surface area contributed by atoms with Gasteiger partial charge in [-0.2, -0.15) is 0 Å². The highest BCUT2D eigenvalue weighted by atomic mass is 16.1. The maximum Gasteiger partial charge on any atom is 0.293 e. The Morgan fingerprint density at radius 3 is 2.76 bits per heavy atom. The summed E-state index contributed by atoms with van der Waals surface area (Å²) >= 11 is 0. The van der Waals surface area contributed by atoms with E-state index in [1.165, 1.54) is 0 Å². The molecule has 1 aromatic rings. The van der Waals surface area contributed by atoms with Crippen molar-refractivity contribution in [2.75, 3.05) is 24.5 Å². The standard InChI is InChI=1S/C12H20N4O/c1-4-15(10-7-13-8-10)11-12(17)16(9(2)3)6-5-14-11/h5-6,9-10,13H,4,7-8H2,1-3H3. The van der Waals surface area contributed by atoms with Crippen LogP contribution in [-0.2, 0) is 0 Å². The highest BCUT2D eigenvalue weighted by Gasteiger charge is 2.26. The monoisotopic (exact) mass is 236 g/mol. The van der Waals surface area contributed by atoms with Crippen LogP contribution in [0.5, 0.6) is 0 Å². The summed E-state index contributed by atoms with van der Waals surface area (Å²) in [6.07, 6.45) is 3.47. The molecule has 2 rings (SSSR count). The predicted octanol–water partition coefficient (Wildman–Crippen LogP) is 0.622. The zero-order chi connectivity index (χ0) is 12.4. The average Bonchev–Trinajstić information content (AvgIpc) is 2.23. The summed E-state index contributed by atoms with van der Waals surface area (Å²) in [6, 6.07) is 0.575. The van der Waals surface area contributed by atoms with Gasteiger partial charge in [-0.15, -0.1) is 0 Å². The third kappa shape index (κ3) is 2.20. The summed E-state index contributed by atoms with van der Waals surface area (Å²) < 4.78 is 1.73. The second-order valence-electron chi connectivity index (χ2n) is 4.66. The molecular weight excluding hydrogens is 216 g/mol. The number of rotatable bonds is 4. The largest absolute Gasteiger partial charge is 0.347 e. The van der Waals surface area contributed by atoms with Gasteiger partial charge in [0.15, 0.2) is 5.82 Å². The fourth-order valence-electron chi connectivity index (χ4n) is 2.09. The molecule has 94 valence electrons. The molecule has 0 saturated carbocycles. The lowest BCUT2D eigenvalue weighted by molar-refractivity contribution is 0.412. The highest BCUT2D eigenvalue weighted by Crippen LogP contribution is 2.12. The van der Waals surface area contributed by atoms with Gasteiger partial charge in [0.1, 0.15) is 0 Å². The molecule has 1 saturated heterocycles. The molecule has 5 heteroatoms. The molecule has 0 unspecified atom stereocenters. The van der Waals surface area contributed by atoms with Crippen molar-refractivity contribution in [1.29, 1.82) is 0 Å². The van der Waals surface area contributed by atoms with Crippen LogP contribution >= 0.6 is 0 Å². The van der Waals surface area contributed by atoms with Gasteiger partial charge in [0, 0.05) is 38.1 Å². The lowest BCUT2D eigenvalue weighted by atomic mass is 10.1. The summed E-state index contributed by atoms with van der Waals surface area (Å²) in [5.41, 5.74) is 0.0104. The summed E-state index contributed by atoms with van der Waals surface area (Å²) in [5.74, 6) is 0.579. The number of likely N-dealkylation sites (N-methyl/N-ethyl adjacent to an activating group) is 1. The second kappa shape index (κ2) is 4.87. The van der Waals surface area contributed by atoms with E-state index in [4.69, 9.17) is 0 Å². The molecule has 0 bridgehead atoms. The van der Waals surface area contributed by atoms with Crippen LogP contribution in [0.4, 0.5) is 5.82 Å². The molecule has 1 N–H and O–H groups in total. The fourth-order valence-corrected chi connectivity index (χ4v) is 2.09. The highest BCUT2D eigenvalue weighted by molar-refractivity contribution is 5.38. The number of nitrogens with zero attached hydrogens (tertiary/aromatic N) is 3. The summed E-state index contributed by atoms with van der Waals surface area (Å²) in [6.45, 7) is 8.76. The van der Waals surface area contributed by atoms with E-state index in [2.05, 4.69) is 22.1 Å². The molecule has 0 spiro atoms. The topological polar surface area (TPSA) is 50.2 Å². The van der Waals surface area contributed by atoms with Crippen LogP contribution in [0.15, 0.2) is 17.2 Å². The van der Waals surface area contributed by atoms with Crippen LogP contribution in [0.25, 0.3) is 0 Å². The van der Waals surface area contributed by atoms with E-state index in [0.717, 1.165) is 19.6 Å². The van der Waals surface area contributed by atoms with Crippen molar-refractivity contribution in [2.45, 2.75) is 32.9 Å². The normalized spacial score (nSPS) is 16.0. The van der Waals surface area contributed by atoms with Crippen molar-refractivity contribution in [3.63, 3.8) is 0 Å². The third-order valence-corrected chi connectivity index (χ3v) is 3.22. The molecule has 0 aromatic carbocycles. The Bertz CT molecular complexity index is 436. The number of hydrogen-bond donors (Lipinski definition) is 1. The zero-order valence-electron chi connectivity index (χ0n) is 10.7. The van der Waals surface area contributed by atoms with Crippen LogP contribution in [0.3, 0.4) is 0 Å². The smallest absolute Gasteiger partial charge is 0.293 e. The fraction of sp³-hybridized carbons (Fsp3) is 0.667. The van der Waals surface area contributed by atoms with E-state index in [9.17, 15) is 4.79 Å². The molecule has 1 aromatic heterocycles. The van der Waals surface area contributed by atoms with Gasteiger partial charge in [-0.05, 0) is 20.8 Å². The minimum absolute atomic E-state index is 0.0104. The summed E-state index contributed by atoms with van der Waals surface area (Å²) in [5, 5.41) is 3.22. The molecule has 5 nitrogen and oxygen atoms in total. The quantitative estimate of drug-likeness (QED) is 0.832. The maximum atomic E-state index is 12.3. The Morgan fingerprint density at radius 1 is 1.59 bits per heavy atom. The lowest BCUT2D eigenvalue weighted by Crippen LogP contribution is -2.58. The van der Waals surface area contributed by atoms with E-state index in [1.807, 2.05) is 13.8 Å². The van der Waals surface area contributed by atoms with Crippen molar-refractivity contribution in [2.24, 2.45) is 0 Å². The van der Waals surface area contributed by atoms with Gasteiger partial charge >= 0.3 is 0 Å². The molecule has 0 amide bonds. The third-order valence-electron chi connectivity index (χ3n) is 3.22. The van der Waals surface area contributed by atoms with Crippen molar-refractivity contribution in [3.05, 3.63) is 22.7 Å². The zero-order valence-corrected chi connectivity index (χ0v) is 10.7. The van der Waals surface area contributed by atoms with Crippen LogP contribution in [0.1, 0.15) is 26.8 Å². The van der Waals surface area contributed by atoms with Gasteiger partial charge in [0.25, 0.3) is 5.56 Å². The first-order valence-electron chi connectivity index (χ1n) is 6.19. The minimum Gasteiger partial charge on any atom is -0.347 e. The van der Waals surface area contributed by atoms with E-state index >= 15 is 0 Å². The average molecular weight is 236 g/mol. The Kier molecular flexibility index (Phi) is 3.47. The van der Waals surface area contributed by atoms with Crippen LogP contribution in [0.2, 0.25) is 0 Å². The van der Waals surface area contributed by atoms with Crippen molar-refractivity contribution in [1.82, 2.24) is 14.9 Å². The Hall–Kier alpha value is -1.36. The van der Waals surface area contributed by atoms with Gasteiger partial charge < -0.3 is 14.8 Å². The molecule has 1 aliphatic rings. The summed E-state index contributed by atoms with van der Waals surface area (Å²) in [4.78, 5) is 18.6. The SMILES string of the molecule is CCN(c1nccn(C(C)C)c1=O)C1CNC1. The predicted molar refractivity (Wildman–Crippen MR) is 68.6 cm³/mol. The molecule has 17 heavy (non-hydrogen) atoms. The first-order valence-corrected chi connectivity index (χ1v) is 6.19. The Balaban J connectivity index is 2.36. The number of anilines is 1.